The van der Waals surface area contributed by atoms with E-state index in [0.29, 0.717) is 12.0 Å². The van der Waals surface area contributed by atoms with Crippen molar-refractivity contribution in [1.29, 1.82) is 0 Å². The highest BCUT2D eigenvalue weighted by atomic mass is 79.9. The van der Waals surface area contributed by atoms with Crippen LogP contribution in [-0.2, 0) is 6.42 Å². The summed E-state index contributed by atoms with van der Waals surface area (Å²) in [5.41, 5.74) is 4.43. The molecule has 0 aliphatic rings. The lowest BCUT2D eigenvalue weighted by Gasteiger charge is -2.17. The van der Waals surface area contributed by atoms with Crippen LogP contribution in [0.15, 0.2) is 46.9 Å². The zero-order valence-electron chi connectivity index (χ0n) is 11.8. The van der Waals surface area contributed by atoms with Crippen LogP contribution in [0.3, 0.4) is 0 Å². The normalized spacial score (nSPS) is 12.2. The molecule has 0 heterocycles. The van der Waals surface area contributed by atoms with Crippen molar-refractivity contribution in [3.63, 3.8) is 0 Å². The number of nitrogens with one attached hydrogen (secondary N) is 1. The standard InChI is InChI=1S/C16H18BrFN2O/c1-21-13-6-2-11(3-7-13)4-9-16(20-19)14-8-5-12(17)10-15(14)18/h2-3,5-8,10,16,20H,4,9,19H2,1H3. The Kier molecular flexibility index (Phi) is 5.73. The number of rotatable bonds is 6. The monoisotopic (exact) mass is 352 g/mol. The zero-order valence-corrected chi connectivity index (χ0v) is 13.4. The summed E-state index contributed by atoms with van der Waals surface area (Å²) in [5, 5.41) is 0. The summed E-state index contributed by atoms with van der Waals surface area (Å²) in [6.07, 6.45) is 1.51. The van der Waals surface area contributed by atoms with Gasteiger partial charge in [-0.2, -0.15) is 0 Å². The van der Waals surface area contributed by atoms with E-state index in [9.17, 15) is 4.39 Å². The predicted molar refractivity (Wildman–Crippen MR) is 85.5 cm³/mol. The first-order valence-corrected chi connectivity index (χ1v) is 7.47. The fourth-order valence-corrected chi connectivity index (χ4v) is 2.55. The first-order chi connectivity index (χ1) is 10.1. The fraction of sp³-hybridized carbons (Fsp3) is 0.250. The van der Waals surface area contributed by atoms with Crippen molar-refractivity contribution in [2.45, 2.75) is 18.9 Å². The molecule has 21 heavy (non-hydrogen) atoms. The third-order valence-electron chi connectivity index (χ3n) is 3.42. The molecule has 1 atom stereocenters. The molecule has 0 radical (unpaired) electrons. The minimum atomic E-state index is -0.262. The van der Waals surface area contributed by atoms with Crippen molar-refractivity contribution < 1.29 is 9.13 Å². The van der Waals surface area contributed by atoms with Crippen molar-refractivity contribution in [3.8, 4) is 5.75 Å². The molecule has 0 saturated carbocycles. The summed E-state index contributed by atoms with van der Waals surface area (Å²) in [6.45, 7) is 0. The van der Waals surface area contributed by atoms with Gasteiger partial charge in [0.25, 0.3) is 0 Å². The Hall–Kier alpha value is -1.43. The molecule has 0 aromatic heterocycles. The molecule has 0 spiro atoms. The van der Waals surface area contributed by atoms with Gasteiger partial charge in [0.15, 0.2) is 0 Å². The maximum Gasteiger partial charge on any atom is 0.129 e. The molecule has 0 aliphatic carbocycles. The van der Waals surface area contributed by atoms with E-state index in [1.54, 1.807) is 13.2 Å². The SMILES string of the molecule is COc1ccc(CCC(NN)c2ccc(Br)cc2F)cc1. The lowest BCUT2D eigenvalue weighted by atomic mass is 9.99. The van der Waals surface area contributed by atoms with E-state index in [2.05, 4.69) is 21.4 Å². The summed E-state index contributed by atoms with van der Waals surface area (Å²) in [6, 6.07) is 12.6. The number of hydrazine groups is 1. The molecule has 3 N–H and O–H groups in total. The van der Waals surface area contributed by atoms with Crippen LogP contribution in [0, 0.1) is 5.82 Å². The van der Waals surface area contributed by atoms with Crippen LogP contribution >= 0.6 is 15.9 Å². The van der Waals surface area contributed by atoms with E-state index in [0.717, 1.165) is 22.2 Å². The Morgan fingerprint density at radius 3 is 2.52 bits per heavy atom. The van der Waals surface area contributed by atoms with Crippen LogP contribution < -0.4 is 16.0 Å². The third-order valence-corrected chi connectivity index (χ3v) is 3.91. The molecule has 0 saturated heterocycles. The van der Waals surface area contributed by atoms with Crippen molar-refractivity contribution in [1.82, 2.24) is 5.43 Å². The molecule has 2 rings (SSSR count). The molecular weight excluding hydrogens is 335 g/mol. The second-order valence-electron chi connectivity index (χ2n) is 4.77. The molecular formula is C16H18BrFN2O. The fourth-order valence-electron chi connectivity index (χ4n) is 2.22. The molecule has 1 unspecified atom stereocenters. The Labute approximate surface area is 132 Å². The van der Waals surface area contributed by atoms with E-state index in [1.807, 2.05) is 30.3 Å². The van der Waals surface area contributed by atoms with Crippen LogP contribution in [0.25, 0.3) is 0 Å². The molecule has 0 bridgehead atoms. The molecule has 0 aliphatic heterocycles. The molecule has 2 aromatic rings. The molecule has 3 nitrogen and oxygen atoms in total. The van der Waals surface area contributed by atoms with Crippen LogP contribution in [0.2, 0.25) is 0 Å². The predicted octanol–water partition coefficient (Wildman–Crippen LogP) is 3.73. The van der Waals surface area contributed by atoms with Gasteiger partial charge in [0, 0.05) is 16.1 Å². The van der Waals surface area contributed by atoms with E-state index in [-0.39, 0.29) is 11.9 Å². The third kappa shape index (κ3) is 4.27. The lowest BCUT2D eigenvalue weighted by molar-refractivity contribution is 0.414. The topological polar surface area (TPSA) is 47.3 Å². The number of ether oxygens (including phenoxy) is 1. The Balaban J connectivity index is 2.04. The maximum atomic E-state index is 14.0. The Bertz CT molecular complexity index is 589. The number of hydrogen-bond donors (Lipinski definition) is 2. The van der Waals surface area contributed by atoms with E-state index < -0.39 is 0 Å². The quantitative estimate of drug-likeness (QED) is 0.615. The van der Waals surface area contributed by atoms with Gasteiger partial charge < -0.3 is 4.74 Å². The highest BCUT2D eigenvalue weighted by Gasteiger charge is 2.14. The van der Waals surface area contributed by atoms with Gasteiger partial charge >= 0.3 is 0 Å². The summed E-state index contributed by atoms with van der Waals surface area (Å²) in [5.74, 6) is 6.14. The number of halogens is 2. The molecule has 2 aromatic carbocycles. The van der Waals surface area contributed by atoms with Gasteiger partial charge in [-0.15, -0.1) is 0 Å². The summed E-state index contributed by atoms with van der Waals surface area (Å²) >= 11 is 3.25. The van der Waals surface area contributed by atoms with Crippen LogP contribution in [0.5, 0.6) is 5.75 Å². The number of aryl methyl sites for hydroxylation is 1. The lowest BCUT2D eigenvalue weighted by Crippen LogP contribution is -2.29. The highest BCUT2D eigenvalue weighted by Crippen LogP contribution is 2.24. The van der Waals surface area contributed by atoms with Gasteiger partial charge in [-0.1, -0.05) is 34.1 Å². The Morgan fingerprint density at radius 2 is 1.95 bits per heavy atom. The van der Waals surface area contributed by atoms with Gasteiger partial charge in [-0.3, -0.25) is 11.3 Å². The first kappa shape index (κ1) is 15.9. The average molecular weight is 353 g/mol. The minimum Gasteiger partial charge on any atom is -0.497 e. The molecule has 0 amide bonds. The van der Waals surface area contributed by atoms with E-state index >= 15 is 0 Å². The van der Waals surface area contributed by atoms with Crippen molar-refractivity contribution in [3.05, 3.63) is 63.9 Å². The number of hydrogen-bond acceptors (Lipinski definition) is 3. The zero-order chi connectivity index (χ0) is 15.2. The largest absolute Gasteiger partial charge is 0.497 e. The molecule has 5 heteroatoms. The smallest absolute Gasteiger partial charge is 0.129 e. The van der Waals surface area contributed by atoms with E-state index in [1.165, 1.54) is 6.07 Å². The summed E-state index contributed by atoms with van der Waals surface area (Å²) < 4.78 is 19.8. The second kappa shape index (κ2) is 7.54. The Morgan fingerprint density at radius 1 is 1.24 bits per heavy atom. The van der Waals surface area contributed by atoms with Gasteiger partial charge in [0.05, 0.1) is 7.11 Å². The number of benzene rings is 2. The van der Waals surface area contributed by atoms with Crippen LogP contribution in [0.4, 0.5) is 4.39 Å². The highest BCUT2D eigenvalue weighted by molar-refractivity contribution is 9.10. The number of methoxy groups -OCH3 is 1. The number of nitrogens with two attached hydrogens (primary N) is 1. The molecule has 112 valence electrons. The minimum absolute atomic E-state index is 0.222. The van der Waals surface area contributed by atoms with Gasteiger partial charge in [-0.25, -0.2) is 4.39 Å². The average Bonchev–Trinajstić information content (AvgIpc) is 2.50. The van der Waals surface area contributed by atoms with E-state index in [4.69, 9.17) is 10.6 Å². The summed E-state index contributed by atoms with van der Waals surface area (Å²) in [4.78, 5) is 0. The van der Waals surface area contributed by atoms with Gasteiger partial charge in [0.2, 0.25) is 0 Å². The van der Waals surface area contributed by atoms with Gasteiger partial charge in [0.1, 0.15) is 11.6 Å². The van der Waals surface area contributed by atoms with Crippen molar-refractivity contribution in [2.75, 3.05) is 7.11 Å². The first-order valence-electron chi connectivity index (χ1n) is 6.68. The summed E-state index contributed by atoms with van der Waals surface area (Å²) in [7, 11) is 1.64. The second-order valence-corrected chi connectivity index (χ2v) is 5.69. The van der Waals surface area contributed by atoms with Crippen molar-refractivity contribution in [2.24, 2.45) is 5.84 Å². The van der Waals surface area contributed by atoms with Crippen LogP contribution in [-0.4, -0.2) is 7.11 Å². The van der Waals surface area contributed by atoms with Crippen LogP contribution in [0.1, 0.15) is 23.6 Å². The van der Waals surface area contributed by atoms with Crippen molar-refractivity contribution >= 4 is 15.9 Å². The molecule has 0 fully saturated rings. The van der Waals surface area contributed by atoms with Gasteiger partial charge in [-0.05, 0) is 42.7 Å². The maximum absolute atomic E-state index is 14.0.